The van der Waals surface area contributed by atoms with Gasteiger partial charge in [0.25, 0.3) is 0 Å². The normalized spacial score (nSPS) is 16.2. The van der Waals surface area contributed by atoms with E-state index in [2.05, 4.69) is 10.8 Å². The number of benzene rings is 1. The summed E-state index contributed by atoms with van der Waals surface area (Å²) in [6, 6.07) is 8.41. The van der Waals surface area contributed by atoms with Gasteiger partial charge in [-0.2, -0.15) is 5.26 Å². The molecule has 3 rings (SSSR count). The maximum absolute atomic E-state index is 14.4. The number of carbonyl (C=O) groups excluding carboxylic acids is 1. The number of nitrogens with one attached hydrogen (secondary N) is 2. The lowest BCUT2D eigenvalue weighted by Crippen LogP contribution is -2.30. The SMILES string of the molecule is CC(=O)NCC1C=C(c2ccc(-n3ccc(C#N)c3)c(F)c2)NO1. The standard InChI is InChI=1S/C17H15FN4O2/c1-11(23)20-9-14-7-16(21-24-14)13-2-3-17(15(18)6-13)22-5-4-12(8-19)10-22/h2-7,10,14,21H,9H2,1H3,(H,20,23). The van der Waals surface area contributed by atoms with Crippen LogP contribution in [0.2, 0.25) is 0 Å². The predicted molar refractivity (Wildman–Crippen MR) is 85.1 cm³/mol. The third kappa shape index (κ3) is 3.29. The minimum atomic E-state index is -0.416. The minimum absolute atomic E-state index is 0.140. The Bertz CT molecular complexity index is 851. The number of hydrogen-bond acceptors (Lipinski definition) is 4. The highest BCUT2D eigenvalue weighted by Crippen LogP contribution is 2.23. The molecular formula is C17H15FN4O2. The highest BCUT2D eigenvalue weighted by Gasteiger charge is 2.18. The lowest BCUT2D eigenvalue weighted by molar-refractivity contribution is -0.119. The van der Waals surface area contributed by atoms with Gasteiger partial charge in [0, 0.05) is 24.9 Å². The zero-order chi connectivity index (χ0) is 17.1. The first kappa shape index (κ1) is 15.8. The maximum atomic E-state index is 14.4. The van der Waals surface area contributed by atoms with Gasteiger partial charge in [-0.25, -0.2) is 4.39 Å². The summed E-state index contributed by atoms with van der Waals surface area (Å²) in [6.45, 7) is 1.77. The Kier molecular flexibility index (Phi) is 4.31. The molecule has 122 valence electrons. The van der Waals surface area contributed by atoms with Crippen LogP contribution in [-0.2, 0) is 9.63 Å². The Labute approximate surface area is 138 Å². The molecular weight excluding hydrogens is 311 g/mol. The van der Waals surface area contributed by atoms with Gasteiger partial charge in [-0.3, -0.25) is 15.1 Å². The van der Waals surface area contributed by atoms with E-state index in [1.54, 1.807) is 41.2 Å². The van der Waals surface area contributed by atoms with Crippen LogP contribution in [-0.4, -0.2) is 23.1 Å². The fourth-order valence-electron chi connectivity index (χ4n) is 2.39. The molecule has 0 spiro atoms. The van der Waals surface area contributed by atoms with E-state index in [0.717, 1.165) is 0 Å². The van der Waals surface area contributed by atoms with Gasteiger partial charge < -0.3 is 9.88 Å². The van der Waals surface area contributed by atoms with Crippen LogP contribution in [0.25, 0.3) is 11.4 Å². The van der Waals surface area contributed by atoms with Gasteiger partial charge in [0.2, 0.25) is 5.91 Å². The Hall–Kier alpha value is -3.11. The molecule has 2 N–H and O–H groups in total. The highest BCUT2D eigenvalue weighted by molar-refractivity contribution is 5.73. The van der Waals surface area contributed by atoms with Gasteiger partial charge in [0.05, 0.1) is 23.5 Å². The van der Waals surface area contributed by atoms with E-state index in [0.29, 0.717) is 29.1 Å². The van der Waals surface area contributed by atoms with Crippen LogP contribution < -0.4 is 10.8 Å². The third-order valence-electron chi connectivity index (χ3n) is 3.58. The van der Waals surface area contributed by atoms with Crippen molar-refractivity contribution in [3.63, 3.8) is 0 Å². The van der Waals surface area contributed by atoms with Crippen LogP contribution >= 0.6 is 0 Å². The molecule has 2 heterocycles. The largest absolute Gasteiger partial charge is 0.353 e. The molecule has 0 saturated carbocycles. The molecule has 24 heavy (non-hydrogen) atoms. The van der Waals surface area contributed by atoms with Crippen LogP contribution in [0.4, 0.5) is 4.39 Å². The number of hydroxylamine groups is 1. The van der Waals surface area contributed by atoms with Gasteiger partial charge in [-0.15, -0.1) is 0 Å². The van der Waals surface area contributed by atoms with E-state index < -0.39 is 5.82 Å². The fraction of sp³-hybridized carbons (Fsp3) is 0.176. The van der Waals surface area contributed by atoms with Gasteiger partial charge in [0.1, 0.15) is 18.0 Å². The molecule has 0 aliphatic carbocycles. The number of carbonyl (C=O) groups is 1. The Morgan fingerprint density at radius 2 is 2.33 bits per heavy atom. The first-order chi connectivity index (χ1) is 11.6. The molecule has 1 unspecified atom stereocenters. The molecule has 7 heteroatoms. The summed E-state index contributed by atoms with van der Waals surface area (Å²) < 4.78 is 16.0. The van der Waals surface area contributed by atoms with E-state index in [1.165, 1.54) is 13.0 Å². The molecule has 0 fully saturated rings. The molecule has 0 radical (unpaired) electrons. The summed E-state index contributed by atoms with van der Waals surface area (Å²) in [5.74, 6) is -0.556. The third-order valence-corrected chi connectivity index (χ3v) is 3.58. The average Bonchev–Trinajstić information content (AvgIpc) is 3.22. The zero-order valence-electron chi connectivity index (χ0n) is 12.9. The van der Waals surface area contributed by atoms with Crippen molar-refractivity contribution < 1.29 is 14.0 Å². The zero-order valence-corrected chi connectivity index (χ0v) is 12.9. The topological polar surface area (TPSA) is 79.1 Å². The van der Waals surface area contributed by atoms with Crippen LogP contribution in [0.15, 0.2) is 42.7 Å². The number of amides is 1. The highest BCUT2D eigenvalue weighted by atomic mass is 19.1. The van der Waals surface area contributed by atoms with Crippen molar-refractivity contribution in [2.24, 2.45) is 0 Å². The number of halogens is 1. The molecule has 1 aliphatic rings. The molecule has 1 amide bonds. The quantitative estimate of drug-likeness (QED) is 0.899. The van der Waals surface area contributed by atoms with Crippen LogP contribution in [0, 0.1) is 17.1 Å². The van der Waals surface area contributed by atoms with Crippen molar-refractivity contribution in [3.05, 3.63) is 59.7 Å². The predicted octanol–water partition coefficient (Wildman–Crippen LogP) is 1.87. The van der Waals surface area contributed by atoms with Gasteiger partial charge >= 0.3 is 0 Å². The van der Waals surface area contributed by atoms with Crippen molar-refractivity contribution in [1.29, 1.82) is 5.26 Å². The Morgan fingerprint density at radius 3 is 3.00 bits per heavy atom. The number of nitrogens with zero attached hydrogens (tertiary/aromatic N) is 2. The molecule has 0 saturated heterocycles. The Morgan fingerprint density at radius 1 is 1.50 bits per heavy atom. The van der Waals surface area contributed by atoms with Crippen molar-refractivity contribution in [2.45, 2.75) is 13.0 Å². The van der Waals surface area contributed by atoms with E-state index >= 15 is 0 Å². The van der Waals surface area contributed by atoms with Crippen molar-refractivity contribution in [2.75, 3.05) is 6.54 Å². The first-order valence-electron chi connectivity index (χ1n) is 7.33. The molecule has 1 aliphatic heterocycles. The fourth-order valence-corrected chi connectivity index (χ4v) is 2.39. The van der Waals surface area contributed by atoms with E-state index in [-0.39, 0.29) is 12.0 Å². The van der Waals surface area contributed by atoms with Crippen molar-refractivity contribution in [1.82, 2.24) is 15.4 Å². The first-order valence-corrected chi connectivity index (χ1v) is 7.33. The summed E-state index contributed by atoms with van der Waals surface area (Å²) in [7, 11) is 0. The second-order valence-corrected chi connectivity index (χ2v) is 5.36. The van der Waals surface area contributed by atoms with Crippen LogP contribution in [0.1, 0.15) is 18.1 Å². The number of rotatable bonds is 4. The van der Waals surface area contributed by atoms with Crippen LogP contribution in [0.3, 0.4) is 0 Å². The lowest BCUT2D eigenvalue weighted by Gasteiger charge is -2.08. The molecule has 2 aromatic rings. The van der Waals surface area contributed by atoms with Crippen molar-refractivity contribution in [3.8, 4) is 11.8 Å². The number of hydrogen-bond donors (Lipinski definition) is 2. The van der Waals surface area contributed by atoms with E-state index in [4.69, 9.17) is 10.1 Å². The lowest BCUT2D eigenvalue weighted by atomic mass is 10.1. The summed E-state index contributed by atoms with van der Waals surface area (Å²) in [6.07, 6.45) is 4.68. The summed E-state index contributed by atoms with van der Waals surface area (Å²) in [5.41, 5.74) is 4.83. The molecule has 6 nitrogen and oxygen atoms in total. The molecule has 1 aromatic heterocycles. The summed E-state index contributed by atoms with van der Waals surface area (Å²) in [4.78, 5) is 16.2. The summed E-state index contributed by atoms with van der Waals surface area (Å²) in [5, 5.41) is 11.5. The number of nitriles is 1. The molecule has 1 aromatic carbocycles. The molecule has 0 bridgehead atoms. The second-order valence-electron chi connectivity index (χ2n) is 5.36. The van der Waals surface area contributed by atoms with Gasteiger partial charge in [-0.05, 0) is 24.3 Å². The second kappa shape index (κ2) is 6.56. The van der Waals surface area contributed by atoms with Gasteiger partial charge in [-0.1, -0.05) is 6.07 Å². The Balaban J connectivity index is 1.79. The van der Waals surface area contributed by atoms with Crippen molar-refractivity contribution >= 4 is 11.6 Å². The minimum Gasteiger partial charge on any atom is -0.353 e. The average molecular weight is 326 g/mol. The van der Waals surface area contributed by atoms with E-state index in [9.17, 15) is 9.18 Å². The maximum Gasteiger partial charge on any atom is 0.216 e. The smallest absolute Gasteiger partial charge is 0.216 e. The monoisotopic (exact) mass is 326 g/mol. The summed E-state index contributed by atoms with van der Waals surface area (Å²) >= 11 is 0. The van der Waals surface area contributed by atoms with Crippen LogP contribution in [0.5, 0.6) is 0 Å². The van der Waals surface area contributed by atoms with Gasteiger partial charge in [0.15, 0.2) is 0 Å². The van der Waals surface area contributed by atoms with E-state index in [1.807, 2.05) is 6.07 Å². The molecule has 1 atom stereocenters. The number of aromatic nitrogens is 1.